The van der Waals surface area contributed by atoms with Gasteiger partial charge in [-0.25, -0.2) is 0 Å². The van der Waals surface area contributed by atoms with Crippen LogP contribution in [0, 0.1) is 22.0 Å². The largest absolute Gasteiger partial charge is 0.450 e. The predicted molar refractivity (Wildman–Crippen MR) is 186 cm³/mol. The number of nitrogens with two attached hydrogens (primary N) is 1. The van der Waals surface area contributed by atoms with Crippen LogP contribution in [0.15, 0.2) is 42.5 Å². The second kappa shape index (κ2) is 17.0. The fourth-order valence-corrected chi connectivity index (χ4v) is 5.71. The molecule has 2 heterocycles. The standard InChI is InChI=1S/C35H50N6O10/c1-19(2)13-25-31(43)39-27(33(45)40-30(14-20(3)4)35(47,48)34(6,46)18-36)15-22-7-10-24(11-8-22)51-29-17-23(9-12-28(29)41(49)50)16-26(32(44)38-25)37-21(5)42/h7-12,17,19-20,25-27,30,46-48H,13-16,18,36H2,1-6H3,(H,37,42)(H,38,44)(H,39,43)(H,40,45)/t25-,26-,27-,30-,34+/m0/s1. The van der Waals surface area contributed by atoms with E-state index in [-0.39, 0.29) is 54.7 Å². The van der Waals surface area contributed by atoms with Crippen LogP contribution in [0.1, 0.15) is 65.5 Å². The number of nitro benzene ring substituents is 1. The average molecular weight is 715 g/mol. The summed E-state index contributed by atoms with van der Waals surface area (Å²) in [6, 6.07) is 5.23. The van der Waals surface area contributed by atoms with Gasteiger partial charge < -0.3 is 47.1 Å². The zero-order valence-corrected chi connectivity index (χ0v) is 29.8. The highest BCUT2D eigenvalue weighted by atomic mass is 16.6. The van der Waals surface area contributed by atoms with Gasteiger partial charge in [0.05, 0.1) is 11.0 Å². The minimum atomic E-state index is -2.87. The molecule has 0 unspecified atom stereocenters. The highest BCUT2D eigenvalue weighted by molar-refractivity contribution is 5.94. The Labute approximate surface area is 296 Å². The highest BCUT2D eigenvalue weighted by Gasteiger charge is 2.50. The second-order valence-electron chi connectivity index (χ2n) is 14.1. The number of hydrogen-bond donors (Lipinski definition) is 8. The van der Waals surface area contributed by atoms with Gasteiger partial charge in [0.25, 0.3) is 0 Å². The Hall–Kier alpha value is -4.64. The molecular weight excluding hydrogens is 664 g/mol. The fourth-order valence-electron chi connectivity index (χ4n) is 5.71. The zero-order valence-electron chi connectivity index (χ0n) is 29.8. The number of carbonyl (C=O) groups is 4. The van der Waals surface area contributed by atoms with Gasteiger partial charge in [-0.05, 0) is 60.9 Å². The quantitative estimate of drug-likeness (QED) is 0.0923. The molecule has 9 N–H and O–H groups in total. The van der Waals surface area contributed by atoms with Crippen molar-refractivity contribution in [2.24, 2.45) is 17.6 Å². The number of aliphatic hydroxyl groups is 3. The third kappa shape index (κ3) is 10.9. The van der Waals surface area contributed by atoms with Gasteiger partial charge in [0, 0.05) is 32.4 Å². The van der Waals surface area contributed by atoms with E-state index in [4.69, 9.17) is 10.5 Å². The Balaban J connectivity index is 2.13. The molecule has 4 bridgehead atoms. The Kier molecular flexibility index (Phi) is 13.6. The van der Waals surface area contributed by atoms with E-state index in [1.807, 2.05) is 13.8 Å². The van der Waals surface area contributed by atoms with Crippen LogP contribution in [0.2, 0.25) is 0 Å². The van der Waals surface area contributed by atoms with Crippen LogP contribution in [-0.4, -0.2) is 86.0 Å². The second-order valence-corrected chi connectivity index (χ2v) is 14.1. The molecular formula is C35H50N6O10. The molecule has 51 heavy (non-hydrogen) atoms. The lowest BCUT2D eigenvalue weighted by molar-refractivity contribution is -0.385. The topological polar surface area (TPSA) is 255 Å². The summed E-state index contributed by atoms with van der Waals surface area (Å²) in [5.41, 5.74) is 4.03. The van der Waals surface area contributed by atoms with Gasteiger partial charge in [0.2, 0.25) is 35.2 Å². The molecule has 0 spiro atoms. The van der Waals surface area contributed by atoms with Gasteiger partial charge in [-0.15, -0.1) is 0 Å². The van der Waals surface area contributed by atoms with Gasteiger partial charge in [0.15, 0.2) is 0 Å². The first kappa shape index (κ1) is 40.8. The van der Waals surface area contributed by atoms with Crippen molar-refractivity contribution in [3.8, 4) is 11.5 Å². The molecule has 4 rings (SSSR count). The van der Waals surface area contributed by atoms with E-state index in [1.165, 1.54) is 37.3 Å². The Morgan fingerprint density at radius 2 is 1.63 bits per heavy atom. The molecule has 0 radical (unpaired) electrons. The van der Waals surface area contributed by atoms with Crippen molar-refractivity contribution in [2.45, 2.75) is 103 Å². The van der Waals surface area contributed by atoms with Crippen molar-refractivity contribution < 1.29 is 44.2 Å². The van der Waals surface area contributed by atoms with Gasteiger partial charge in [-0.3, -0.25) is 29.3 Å². The normalized spacial score (nSPS) is 20.4. The lowest BCUT2D eigenvalue weighted by Crippen LogP contribution is -2.68. The number of fused-ring (bicyclic) bond motifs is 10. The van der Waals surface area contributed by atoms with E-state index in [9.17, 15) is 44.6 Å². The zero-order chi connectivity index (χ0) is 38.3. The van der Waals surface area contributed by atoms with E-state index >= 15 is 0 Å². The SMILES string of the molecule is CC(=O)N[C@H]1Cc2ccc([N+](=O)[O-])c(c2)Oc2ccc(cc2)C[C@@H](C(=O)N[C@@H](CC(C)C)C(O)(O)[C@](C)(O)CN)NC(=O)[C@H](CC(C)C)NC1=O. The lowest BCUT2D eigenvalue weighted by atomic mass is 9.84. The van der Waals surface area contributed by atoms with E-state index in [2.05, 4.69) is 21.3 Å². The summed E-state index contributed by atoms with van der Waals surface area (Å²) in [5.74, 6) is -5.82. The van der Waals surface area contributed by atoms with Crippen LogP contribution in [0.5, 0.6) is 11.5 Å². The highest BCUT2D eigenvalue weighted by Crippen LogP contribution is 2.33. The smallest absolute Gasteiger partial charge is 0.311 e. The third-order valence-corrected chi connectivity index (χ3v) is 8.62. The van der Waals surface area contributed by atoms with Crippen molar-refractivity contribution in [1.82, 2.24) is 21.3 Å². The number of nitro groups is 1. The maximum Gasteiger partial charge on any atom is 0.311 e. The fraction of sp³-hybridized carbons (Fsp3) is 0.543. The van der Waals surface area contributed by atoms with E-state index in [0.29, 0.717) is 11.1 Å². The third-order valence-electron chi connectivity index (χ3n) is 8.62. The summed E-state index contributed by atoms with van der Waals surface area (Å²) >= 11 is 0. The first-order chi connectivity index (χ1) is 23.7. The summed E-state index contributed by atoms with van der Waals surface area (Å²) in [5, 5.41) is 55.2. The maximum absolute atomic E-state index is 14.0. The molecule has 2 aliphatic rings. The first-order valence-corrected chi connectivity index (χ1v) is 16.8. The molecule has 16 nitrogen and oxygen atoms in total. The predicted octanol–water partition coefficient (Wildman–Crippen LogP) is 0.928. The van der Waals surface area contributed by atoms with Gasteiger partial charge >= 0.3 is 5.69 Å². The minimum absolute atomic E-state index is 0.0189. The average Bonchev–Trinajstić information content (AvgIpc) is 3.03. The Bertz CT molecular complexity index is 1580. The molecule has 280 valence electrons. The number of ether oxygens (including phenoxy) is 1. The van der Waals surface area contributed by atoms with Crippen LogP contribution in [0.3, 0.4) is 0 Å². The van der Waals surface area contributed by atoms with Crippen LogP contribution < -0.4 is 31.7 Å². The summed E-state index contributed by atoms with van der Waals surface area (Å²) in [6.45, 7) is 9.04. The number of rotatable bonds is 11. The molecule has 2 aromatic rings. The summed E-state index contributed by atoms with van der Waals surface area (Å²) in [4.78, 5) is 64.9. The van der Waals surface area contributed by atoms with Gasteiger partial charge in [-0.2, -0.15) is 0 Å². The summed E-state index contributed by atoms with van der Waals surface area (Å²) < 4.78 is 5.89. The number of nitrogens with zero attached hydrogens (tertiary/aromatic N) is 1. The molecule has 2 aromatic carbocycles. The number of carbonyl (C=O) groups excluding carboxylic acids is 4. The van der Waals surface area contributed by atoms with Crippen LogP contribution >= 0.6 is 0 Å². The molecule has 0 saturated carbocycles. The molecule has 0 aliphatic carbocycles. The molecule has 4 amide bonds. The van der Waals surface area contributed by atoms with Crippen molar-refractivity contribution in [1.29, 1.82) is 0 Å². The molecule has 2 aliphatic heterocycles. The number of amides is 4. The van der Waals surface area contributed by atoms with Gasteiger partial charge in [-0.1, -0.05) is 45.9 Å². The Morgan fingerprint density at radius 3 is 2.18 bits per heavy atom. The number of hydrogen-bond acceptors (Lipinski definition) is 11. The summed E-state index contributed by atoms with van der Waals surface area (Å²) in [6.07, 6.45) is -0.0524. The van der Waals surface area contributed by atoms with Crippen molar-refractivity contribution in [2.75, 3.05) is 6.54 Å². The maximum atomic E-state index is 14.0. The number of benzene rings is 2. The van der Waals surface area contributed by atoms with Crippen LogP contribution in [0.4, 0.5) is 5.69 Å². The van der Waals surface area contributed by atoms with Crippen LogP contribution in [-0.2, 0) is 32.0 Å². The molecule has 0 fully saturated rings. The van der Waals surface area contributed by atoms with Crippen molar-refractivity contribution in [3.05, 3.63) is 63.7 Å². The van der Waals surface area contributed by atoms with Gasteiger partial charge in [0.1, 0.15) is 29.5 Å². The molecule has 16 heteroatoms. The van der Waals surface area contributed by atoms with E-state index in [0.717, 1.165) is 6.92 Å². The number of nitrogens with one attached hydrogen (secondary N) is 4. The monoisotopic (exact) mass is 714 g/mol. The minimum Gasteiger partial charge on any atom is -0.450 e. The van der Waals surface area contributed by atoms with Crippen molar-refractivity contribution >= 4 is 29.3 Å². The van der Waals surface area contributed by atoms with E-state index in [1.54, 1.807) is 26.0 Å². The van der Waals surface area contributed by atoms with Crippen LogP contribution in [0.25, 0.3) is 0 Å². The van der Waals surface area contributed by atoms with E-state index < -0.39 is 70.7 Å². The Morgan fingerprint density at radius 1 is 1.00 bits per heavy atom. The molecule has 5 atom stereocenters. The van der Waals surface area contributed by atoms with Crippen molar-refractivity contribution in [3.63, 3.8) is 0 Å². The summed E-state index contributed by atoms with van der Waals surface area (Å²) in [7, 11) is 0. The lowest BCUT2D eigenvalue weighted by Gasteiger charge is -2.42. The molecule has 0 aromatic heterocycles. The first-order valence-electron chi connectivity index (χ1n) is 16.8. The molecule has 0 saturated heterocycles.